The molecule has 0 bridgehead atoms. The number of ether oxygens (including phenoxy) is 3. The summed E-state index contributed by atoms with van der Waals surface area (Å²) in [6.45, 7) is 5.74. The molecule has 448 valence electrons. The first kappa shape index (κ1) is 72.4. The van der Waals surface area contributed by atoms with Gasteiger partial charge in [-0.2, -0.15) is 0 Å². The van der Waals surface area contributed by atoms with Gasteiger partial charge in [-0.15, -0.1) is 0 Å². The fourth-order valence-electron chi connectivity index (χ4n) is 9.77. The molecule has 0 radical (unpaired) electrons. The van der Waals surface area contributed by atoms with Gasteiger partial charge in [-0.05, 0) is 89.9 Å². The summed E-state index contributed by atoms with van der Waals surface area (Å²) in [6.07, 6.45) is 57.0. The molecule has 77 heavy (non-hydrogen) atoms. The number of unbranched alkanes of at least 4 members (excludes halogenated alkanes) is 32. The maximum atomic E-state index is 13.4. The number of nitrogens with one attached hydrogen (secondary N) is 1. The van der Waals surface area contributed by atoms with Crippen molar-refractivity contribution in [3.63, 3.8) is 0 Å². The molecule has 11 heteroatoms. The lowest BCUT2D eigenvalue weighted by molar-refractivity contribution is -0.305. The Morgan fingerprint density at radius 2 is 0.896 bits per heavy atom. The molecule has 1 fully saturated rings. The SMILES string of the molecule is CCCCC/C=C\C/C=C\C/C=C\CCCCCCCCCCCCCCC(=O)OC1C(OCC(NC(=O)C(O)CCCC/C=C\CCCCCCCC)C(O)/C=C/CCCCCCCCCCC)OC(CO)C(O)C1O. The number of esters is 1. The van der Waals surface area contributed by atoms with E-state index in [1.807, 2.05) is 6.08 Å². The molecular formula is C66H119NO10. The van der Waals surface area contributed by atoms with Crippen molar-refractivity contribution in [3.8, 4) is 0 Å². The third kappa shape index (κ3) is 42.0. The minimum Gasteiger partial charge on any atom is -0.454 e. The molecule has 1 aliphatic rings. The van der Waals surface area contributed by atoms with Crippen LogP contribution in [0.4, 0.5) is 0 Å². The van der Waals surface area contributed by atoms with Crippen molar-refractivity contribution in [3.05, 3.63) is 60.8 Å². The number of amides is 1. The zero-order valence-electron chi connectivity index (χ0n) is 49.6. The molecule has 1 aliphatic heterocycles. The standard InChI is InChI=1S/C66H119NO10/c1-4-7-10-13-16-19-22-24-25-26-27-28-29-30-31-32-33-34-35-36-39-42-45-48-51-54-61(71)77-64-63(73)62(72)60(55-68)76-66(64)75-56-57(58(69)52-49-46-43-40-37-21-18-15-12-9-6-3)67-65(74)59(70)53-50-47-44-41-38-23-20-17-14-11-8-5-2/h16,19,24-25,27-28,38,41,49,52,57-60,62-64,66,68-70,72-73H,4-15,17-18,20-23,26,29-37,39-40,42-48,50-51,53-56H2,1-3H3,(H,67,74)/b19-16-,25-24-,28-27-,41-38-,52-49+. The molecule has 1 amide bonds. The molecular weight excluding hydrogens is 967 g/mol. The molecule has 0 spiro atoms. The lowest BCUT2D eigenvalue weighted by Crippen LogP contribution is -2.61. The third-order valence-electron chi connectivity index (χ3n) is 14.9. The summed E-state index contributed by atoms with van der Waals surface area (Å²) < 4.78 is 17.6. The molecule has 6 N–H and O–H groups in total. The van der Waals surface area contributed by atoms with Gasteiger partial charge >= 0.3 is 5.97 Å². The van der Waals surface area contributed by atoms with Crippen LogP contribution >= 0.6 is 0 Å². The van der Waals surface area contributed by atoms with E-state index in [0.29, 0.717) is 12.8 Å². The van der Waals surface area contributed by atoms with Crippen LogP contribution in [-0.2, 0) is 23.8 Å². The molecule has 1 saturated heterocycles. The quantitative estimate of drug-likeness (QED) is 0.0195. The smallest absolute Gasteiger partial charge is 0.306 e. The van der Waals surface area contributed by atoms with E-state index in [9.17, 15) is 35.1 Å². The normalized spacial score (nSPS) is 19.4. The average Bonchev–Trinajstić information content (AvgIpc) is 3.43. The Morgan fingerprint density at radius 3 is 1.38 bits per heavy atom. The fraction of sp³-hybridized carbons (Fsp3) is 0.818. The highest BCUT2D eigenvalue weighted by molar-refractivity contribution is 5.80. The topological polar surface area (TPSA) is 175 Å². The highest BCUT2D eigenvalue weighted by Gasteiger charge is 2.47. The number of carbonyl (C=O) groups excluding carboxylic acids is 2. The van der Waals surface area contributed by atoms with E-state index in [0.717, 1.165) is 70.6 Å². The van der Waals surface area contributed by atoms with Gasteiger partial charge in [0.05, 0.1) is 25.4 Å². The predicted octanol–water partition coefficient (Wildman–Crippen LogP) is 15.4. The summed E-state index contributed by atoms with van der Waals surface area (Å²) >= 11 is 0. The largest absolute Gasteiger partial charge is 0.454 e. The van der Waals surface area contributed by atoms with E-state index < -0.39 is 67.4 Å². The van der Waals surface area contributed by atoms with Gasteiger partial charge in [0, 0.05) is 6.42 Å². The van der Waals surface area contributed by atoms with Crippen molar-refractivity contribution in [2.75, 3.05) is 13.2 Å². The molecule has 8 atom stereocenters. The first-order valence-electron chi connectivity index (χ1n) is 32.1. The zero-order chi connectivity index (χ0) is 56.1. The van der Waals surface area contributed by atoms with Crippen LogP contribution in [0.15, 0.2) is 60.8 Å². The van der Waals surface area contributed by atoms with Crippen molar-refractivity contribution in [2.24, 2.45) is 0 Å². The monoisotopic (exact) mass is 1090 g/mol. The van der Waals surface area contributed by atoms with Crippen molar-refractivity contribution in [1.82, 2.24) is 5.32 Å². The van der Waals surface area contributed by atoms with Crippen LogP contribution in [0.3, 0.4) is 0 Å². The Labute approximate surface area is 471 Å². The van der Waals surface area contributed by atoms with Crippen LogP contribution in [-0.4, -0.2) is 99.6 Å². The third-order valence-corrected chi connectivity index (χ3v) is 14.9. The summed E-state index contributed by atoms with van der Waals surface area (Å²) in [5.74, 6) is -1.21. The maximum absolute atomic E-state index is 13.4. The van der Waals surface area contributed by atoms with E-state index in [2.05, 4.69) is 74.7 Å². The van der Waals surface area contributed by atoms with Gasteiger partial charge in [-0.1, -0.05) is 248 Å². The van der Waals surface area contributed by atoms with Gasteiger partial charge in [-0.3, -0.25) is 9.59 Å². The van der Waals surface area contributed by atoms with E-state index in [1.54, 1.807) is 6.08 Å². The molecule has 0 aromatic carbocycles. The first-order valence-corrected chi connectivity index (χ1v) is 32.1. The van der Waals surface area contributed by atoms with Crippen LogP contribution in [0.1, 0.15) is 284 Å². The Balaban J connectivity index is 2.58. The molecule has 8 unspecified atom stereocenters. The Morgan fingerprint density at radius 1 is 0.506 bits per heavy atom. The predicted molar refractivity (Wildman–Crippen MR) is 320 cm³/mol. The van der Waals surface area contributed by atoms with Gasteiger partial charge in [0.25, 0.3) is 0 Å². The zero-order valence-corrected chi connectivity index (χ0v) is 49.6. The molecule has 0 aromatic heterocycles. The van der Waals surface area contributed by atoms with Crippen molar-refractivity contribution in [1.29, 1.82) is 0 Å². The molecule has 1 heterocycles. The van der Waals surface area contributed by atoms with E-state index in [1.165, 1.54) is 167 Å². The summed E-state index contributed by atoms with van der Waals surface area (Å²) in [7, 11) is 0. The number of aliphatic hydroxyl groups is 5. The summed E-state index contributed by atoms with van der Waals surface area (Å²) in [6, 6.07) is -1.03. The van der Waals surface area contributed by atoms with Crippen molar-refractivity contribution in [2.45, 2.75) is 333 Å². The number of hydrogen-bond acceptors (Lipinski definition) is 10. The van der Waals surface area contributed by atoms with Crippen LogP contribution < -0.4 is 5.32 Å². The van der Waals surface area contributed by atoms with Gasteiger partial charge in [0.2, 0.25) is 5.91 Å². The minimum atomic E-state index is -1.62. The van der Waals surface area contributed by atoms with E-state index >= 15 is 0 Å². The number of hydrogen-bond donors (Lipinski definition) is 6. The second-order valence-electron chi connectivity index (χ2n) is 22.1. The number of aliphatic hydroxyl groups excluding tert-OH is 5. The second kappa shape index (κ2) is 54.0. The van der Waals surface area contributed by atoms with Crippen LogP contribution in [0.5, 0.6) is 0 Å². The van der Waals surface area contributed by atoms with E-state index in [4.69, 9.17) is 14.2 Å². The van der Waals surface area contributed by atoms with Gasteiger partial charge in [0.15, 0.2) is 12.4 Å². The lowest BCUT2D eigenvalue weighted by Gasteiger charge is -2.41. The van der Waals surface area contributed by atoms with Crippen LogP contribution in [0.25, 0.3) is 0 Å². The maximum Gasteiger partial charge on any atom is 0.306 e. The van der Waals surface area contributed by atoms with E-state index in [-0.39, 0.29) is 19.4 Å². The van der Waals surface area contributed by atoms with Crippen molar-refractivity contribution < 1.29 is 49.3 Å². The molecule has 1 rings (SSSR count). The second-order valence-corrected chi connectivity index (χ2v) is 22.1. The van der Waals surface area contributed by atoms with Gasteiger partial charge in [0.1, 0.15) is 24.4 Å². The fourth-order valence-corrected chi connectivity index (χ4v) is 9.77. The first-order chi connectivity index (χ1) is 37.7. The Bertz CT molecular complexity index is 1480. The number of carbonyl (C=O) groups is 2. The summed E-state index contributed by atoms with van der Waals surface area (Å²) in [5, 5.41) is 56.9. The average molecular weight is 1090 g/mol. The summed E-state index contributed by atoms with van der Waals surface area (Å²) in [4.78, 5) is 26.5. The van der Waals surface area contributed by atoms with Crippen molar-refractivity contribution >= 4 is 11.9 Å². The van der Waals surface area contributed by atoms with Crippen LogP contribution in [0, 0.1) is 0 Å². The Hall–Kier alpha value is -2.64. The molecule has 11 nitrogen and oxygen atoms in total. The molecule has 0 aliphatic carbocycles. The molecule has 0 saturated carbocycles. The molecule has 0 aromatic rings. The lowest BCUT2D eigenvalue weighted by atomic mass is 9.99. The van der Waals surface area contributed by atoms with Gasteiger partial charge < -0.3 is 45.1 Å². The highest BCUT2D eigenvalue weighted by Crippen LogP contribution is 2.26. The number of rotatable bonds is 54. The Kier molecular flexibility index (Phi) is 50.7. The van der Waals surface area contributed by atoms with Crippen LogP contribution in [0.2, 0.25) is 0 Å². The minimum absolute atomic E-state index is 0.119. The number of allylic oxidation sites excluding steroid dienone is 9. The van der Waals surface area contributed by atoms with Gasteiger partial charge in [-0.25, -0.2) is 0 Å². The summed E-state index contributed by atoms with van der Waals surface area (Å²) in [5.41, 5.74) is 0. The highest BCUT2D eigenvalue weighted by atomic mass is 16.7.